The average Bonchev–Trinajstić information content (AvgIpc) is 2.56. The molecule has 0 fully saturated rings. The number of carbonyl (C=O) groups excluding carboxylic acids is 1. The van der Waals surface area contributed by atoms with E-state index in [0.29, 0.717) is 5.56 Å². The molecule has 0 saturated carbocycles. The van der Waals surface area contributed by atoms with Crippen LogP contribution in [0.15, 0.2) is 65.8 Å². The molecule has 0 aliphatic heterocycles. The lowest BCUT2D eigenvalue weighted by Gasteiger charge is -2.05. The van der Waals surface area contributed by atoms with E-state index in [2.05, 4.69) is 10.5 Å². The van der Waals surface area contributed by atoms with Crippen molar-refractivity contribution in [2.45, 2.75) is 0 Å². The van der Waals surface area contributed by atoms with E-state index < -0.39 is 5.91 Å². The number of nitrogens with one attached hydrogen (secondary N) is 1. The number of aromatic hydroxyl groups is 1. The number of phenolic OH excluding ortho intramolecular Hbond substituents is 1. The fourth-order valence-electron chi connectivity index (χ4n) is 2.18. The van der Waals surface area contributed by atoms with Crippen molar-refractivity contribution in [1.29, 1.82) is 0 Å². The van der Waals surface area contributed by atoms with Crippen LogP contribution in [0.3, 0.4) is 0 Å². The maximum Gasteiger partial charge on any atom is 0.275 e. The first kappa shape index (κ1) is 14.7. The summed E-state index contributed by atoms with van der Waals surface area (Å²) in [5.74, 6) is -0.975. The van der Waals surface area contributed by atoms with Crippen molar-refractivity contribution in [3.05, 3.63) is 77.6 Å². The summed E-state index contributed by atoms with van der Waals surface area (Å²) in [5, 5.41) is 15.5. The highest BCUT2D eigenvalue weighted by molar-refractivity contribution is 6.01. The van der Waals surface area contributed by atoms with Crippen LogP contribution in [0.25, 0.3) is 10.8 Å². The topological polar surface area (TPSA) is 61.7 Å². The Kier molecular flexibility index (Phi) is 4.01. The number of hydrogen-bond acceptors (Lipinski definition) is 3. The summed E-state index contributed by atoms with van der Waals surface area (Å²) in [4.78, 5) is 12.1. The van der Waals surface area contributed by atoms with Gasteiger partial charge in [0.15, 0.2) is 0 Å². The fraction of sp³-hybridized carbons (Fsp3) is 0. The number of rotatable bonds is 3. The van der Waals surface area contributed by atoms with Gasteiger partial charge in [0.2, 0.25) is 0 Å². The lowest BCUT2D eigenvalue weighted by Crippen LogP contribution is -2.17. The van der Waals surface area contributed by atoms with E-state index in [-0.39, 0.29) is 17.1 Å². The Morgan fingerprint density at radius 3 is 2.39 bits per heavy atom. The van der Waals surface area contributed by atoms with Crippen molar-refractivity contribution in [1.82, 2.24) is 5.43 Å². The second-order valence-electron chi connectivity index (χ2n) is 4.97. The molecule has 3 rings (SSSR count). The van der Waals surface area contributed by atoms with Gasteiger partial charge in [-0.2, -0.15) is 5.10 Å². The Morgan fingerprint density at radius 2 is 1.70 bits per heavy atom. The van der Waals surface area contributed by atoms with Crippen LogP contribution in [0.4, 0.5) is 4.39 Å². The van der Waals surface area contributed by atoms with Gasteiger partial charge >= 0.3 is 0 Å². The Bertz CT molecular complexity index is 889. The van der Waals surface area contributed by atoms with E-state index in [1.165, 1.54) is 24.4 Å². The number of benzene rings is 3. The second-order valence-corrected chi connectivity index (χ2v) is 4.97. The molecular formula is C18H13FN2O2. The number of halogens is 1. The van der Waals surface area contributed by atoms with Crippen molar-refractivity contribution in [3.8, 4) is 5.75 Å². The SMILES string of the molecule is O=C(N/N=C\c1ccc(F)cc1)c1cc2ccccc2cc1O. The maximum atomic E-state index is 12.8. The van der Waals surface area contributed by atoms with Gasteiger partial charge in [-0.15, -0.1) is 0 Å². The molecule has 1 amide bonds. The molecule has 0 spiro atoms. The Balaban J connectivity index is 1.78. The zero-order valence-electron chi connectivity index (χ0n) is 12.0. The van der Waals surface area contributed by atoms with Crippen molar-refractivity contribution in [2.24, 2.45) is 5.10 Å². The molecule has 0 aliphatic carbocycles. The molecule has 0 bridgehead atoms. The van der Waals surface area contributed by atoms with Crippen LogP contribution in [-0.4, -0.2) is 17.2 Å². The number of fused-ring (bicyclic) bond motifs is 1. The molecule has 0 aromatic heterocycles. The van der Waals surface area contributed by atoms with Crippen molar-refractivity contribution in [2.75, 3.05) is 0 Å². The second kappa shape index (κ2) is 6.27. The van der Waals surface area contributed by atoms with E-state index in [0.717, 1.165) is 10.8 Å². The van der Waals surface area contributed by atoms with Gasteiger partial charge in [0.1, 0.15) is 11.6 Å². The summed E-state index contributed by atoms with van der Waals surface area (Å²) in [6.07, 6.45) is 1.40. The number of carbonyl (C=O) groups is 1. The van der Waals surface area contributed by atoms with Gasteiger partial charge in [-0.25, -0.2) is 9.82 Å². The van der Waals surface area contributed by atoms with Gasteiger partial charge < -0.3 is 5.11 Å². The number of amides is 1. The maximum absolute atomic E-state index is 12.8. The molecule has 0 heterocycles. The zero-order chi connectivity index (χ0) is 16.2. The summed E-state index contributed by atoms with van der Waals surface area (Å²) < 4.78 is 12.8. The van der Waals surface area contributed by atoms with Crippen LogP contribution in [-0.2, 0) is 0 Å². The van der Waals surface area contributed by atoms with E-state index in [4.69, 9.17) is 0 Å². The summed E-state index contributed by atoms with van der Waals surface area (Å²) >= 11 is 0. The van der Waals surface area contributed by atoms with E-state index >= 15 is 0 Å². The largest absolute Gasteiger partial charge is 0.507 e. The molecule has 0 atom stereocenters. The van der Waals surface area contributed by atoms with Crippen LogP contribution < -0.4 is 5.43 Å². The number of phenols is 1. The number of hydrogen-bond donors (Lipinski definition) is 2. The van der Waals surface area contributed by atoms with Crippen molar-refractivity contribution < 1.29 is 14.3 Å². The predicted octanol–water partition coefficient (Wildman–Crippen LogP) is 3.45. The third kappa shape index (κ3) is 3.35. The van der Waals surface area contributed by atoms with Gasteiger partial charge in [0.05, 0.1) is 11.8 Å². The Morgan fingerprint density at radius 1 is 1.04 bits per heavy atom. The lowest BCUT2D eigenvalue weighted by molar-refractivity contribution is 0.0952. The fourth-order valence-corrected chi connectivity index (χ4v) is 2.18. The average molecular weight is 308 g/mol. The molecule has 3 aromatic carbocycles. The molecule has 0 radical (unpaired) electrons. The van der Waals surface area contributed by atoms with Gasteiger partial charge in [-0.05, 0) is 40.6 Å². The van der Waals surface area contributed by atoms with E-state index in [1.54, 1.807) is 18.2 Å². The summed E-state index contributed by atoms with van der Waals surface area (Å²) in [5.41, 5.74) is 3.13. The first-order chi connectivity index (χ1) is 11.1. The molecule has 0 unspecified atom stereocenters. The Hall–Kier alpha value is -3.21. The highest BCUT2D eigenvalue weighted by Gasteiger charge is 2.11. The minimum atomic E-state index is -0.522. The first-order valence-corrected chi connectivity index (χ1v) is 6.94. The smallest absolute Gasteiger partial charge is 0.275 e. The standard InChI is InChI=1S/C18H13FN2O2/c19-15-7-5-12(6-8-15)11-20-21-18(23)16-9-13-3-1-2-4-14(13)10-17(16)22/h1-11,22H,(H,21,23)/b20-11-. The number of hydrazone groups is 1. The van der Waals surface area contributed by atoms with Gasteiger partial charge in [0.25, 0.3) is 5.91 Å². The molecule has 2 N–H and O–H groups in total. The van der Waals surface area contributed by atoms with Crippen LogP contribution in [0.1, 0.15) is 15.9 Å². The van der Waals surface area contributed by atoms with Crippen LogP contribution >= 0.6 is 0 Å². The quantitative estimate of drug-likeness (QED) is 0.575. The molecule has 114 valence electrons. The molecule has 4 nitrogen and oxygen atoms in total. The lowest BCUT2D eigenvalue weighted by atomic mass is 10.1. The molecule has 0 saturated heterocycles. The van der Waals surface area contributed by atoms with Gasteiger partial charge in [-0.1, -0.05) is 36.4 Å². The molecular weight excluding hydrogens is 295 g/mol. The highest BCUT2D eigenvalue weighted by atomic mass is 19.1. The van der Waals surface area contributed by atoms with Crippen molar-refractivity contribution >= 4 is 22.9 Å². The molecule has 0 aliphatic rings. The molecule has 23 heavy (non-hydrogen) atoms. The zero-order valence-corrected chi connectivity index (χ0v) is 12.0. The summed E-state index contributed by atoms with van der Waals surface area (Å²) in [6.45, 7) is 0. The van der Waals surface area contributed by atoms with Crippen molar-refractivity contribution in [3.63, 3.8) is 0 Å². The van der Waals surface area contributed by atoms with Crippen LogP contribution in [0.5, 0.6) is 5.75 Å². The molecule has 5 heteroatoms. The minimum Gasteiger partial charge on any atom is -0.507 e. The number of nitrogens with zero attached hydrogens (tertiary/aromatic N) is 1. The van der Waals surface area contributed by atoms with Crippen LogP contribution in [0.2, 0.25) is 0 Å². The monoisotopic (exact) mass is 308 g/mol. The molecule has 3 aromatic rings. The highest BCUT2D eigenvalue weighted by Crippen LogP contribution is 2.24. The summed E-state index contributed by atoms with van der Waals surface area (Å²) in [6, 6.07) is 16.2. The minimum absolute atomic E-state index is 0.113. The summed E-state index contributed by atoms with van der Waals surface area (Å²) in [7, 11) is 0. The van der Waals surface area contributed by atoms with Gasteiger partial charge in [-0.3, -0.25) is 4.79 Å². The Labute approximate surface area is 131 Å². The first-order valence-electron chi connectivity index (χ1n) is 6.94. The third-order valence-corrected chi connectivity index (χ3v) is 3.36. The van der Waals surface area contributed by atoms with Crippen LogP contribution in [0, 0.1) is 5.82 Å². The predicted molar refractivity (Wildman–Crippen MR) is 87.1 cm³/mol. The third-order valence-electron chi connectivity index (χ3n) is 3.36. The van der Waals surface area contributed by atoms with E-state index in [1.807, 2.05) is 24.3 Å². The normalized spacial score (nSPS) is 11.0. The van der Waals surface area contributed by atoms with Gasteiger partial charge in [0, 0.05) is 0 Å². The van der Waals surface area contributed by atoms with E-state index in [9.17, 15) is 14.3 Å².